The smallest absolute Gasteiger partial charge is 0.240 e. The fraction of sp³-hybridized carbons (Fsp3) is 0.200. The van der Waals surface area contributed by atoms with Crippen molar-refractivity contribution in [2.45, 2.75) is 17.3 Å². The van der Waals surface area contributed by atoms with Gasteiger partial charge in [0.2, 0.25) is 16.9 Å². The third-order valence-corrected chi connectivity index (χ3v) is 5.18. The highest BCUT2D eigenvalue weighted by atomic mass is 32.2. The molecule has 0 amide bonds. The topological polar surface area (TPSA) is 99.0 Å². The highest BCUT2D eigenvalue weighted by Crippen LogP contribution is 2.35. The molecule has 0 aliphatic rings. The minimum atomic E-state index is -0.110. The average Bonchev–Trinajstić information content (AvgIpc) is 3.44. The van der Waals surface area contributed by atoms with Gasteiger partial charge < -0.3 is 14.0 Å². The fourth-order valence-electron chi connectivity index (χ4n) is 2.73. The molecule has 0 radical (unpaired) electrons. The molecule has 4 rings (SSSR count). The van der Waals surface area contributed by atoms with Crippen molar-refractivity contribution >= 4 is 11.8 Å². The Morgan fingerprint density at radius 1 is 1.03 bits per heavy atom. The van der Waals surface area contributed by atoms with Gasteiger partial charge in [-0.1, -0.05) is 47.3 Å². The van der Waals surface area contributed by atoms with E-state index in [-0.39, 0.29) is 5.25 Å². The molecule has 1 N–H and O–H groups in total. The van der Waals surface area contributed by atoms with Crippen LogP contribution in [-0.2, 0) is 0 Å². The molecule has 0 spiro atoms. The molecule has 0 bridgehead atoms. The number of methoxy groups -OCH3 is 2. The molecule has 0 fully saturated rings. The molecule has 29 heavy (non-hydrogen) atoms. The van der Waals surface area contributed by atoms with Crippen molar-refractivity contribution in [1.82, 2.24) is 25.3 Å². The molecule has 0 saturated heterocycles. The van der Waals surface area contributed by atoms with E-state index < -0.39 is 0 Å². The van der Waals surface area contributed by atoms with Crippen LogP contribution in [0.5, 0.6) is 11.5 Å². The van der Waals surface area contributed by atoms with Crippen molar-refractivity contribution in [3.63, 3.8) is 0 Å². The number of aromatic amines is 1. The van der Waals surface area contributed by atoms with Crippen LogP contribution in [0.1, 0.15) is 18.1 Å². The van der Waals surface area contributed by atoms with Crippen LogP contribution < -0.4 is 9.47 Å². The van der Waals surface area contributed by atoms with E-state index in [0.29, 0.717) is 34.2 Å². The highest BCUT2D eigenvalue weighted by Gasteiger charge is 2.20. The normalized spacial score (nSPS) is 12.0. The summed E-state index contributed by atoms with van der Waals surface area (Å²) in [7, 11) is 3.21. The number of ether oxygens (including phenoxy) is 2. The number of rotatable bonds is 7. The number of hydrogen-bond donors (Lipinski definition) is 1. The van der Waals surface area contributed by atoms with E-state index in [1.54, 1.807) is 20.3 Å². The van der Waals surface area contributed by atoms with E-state index in [1.807, 2.05) is 49.4 Å². The first-order valence-corrected chi connectivity index (χ1v) is 9.76. The second-order valence-electron chi connectivity index (χ2n) is 6.12. The molecular formula is C20H19N5O3S. The van der Waals surface area contributed by atoms with Crippen LogP contribution >= 0.6 is 11.8 Å². The van der Waals surface area contributed by atoms with Crippen LogP contribution in [0.25, 0.3) is 22.8 Å². The zero-order valence-electron chi connectivity index (χ0n) is 16.1. The summed E-state index contributed by atoms with van der Waals surface area (Å²) in [5.41, 5.74) is 1.70. The molecule has 0 aliphatic heterocycles. The molecule has 0 aliphatic carbocycles. The molecule has 1 unspecified atom stereocenters. The van der Waals surface area contributed by atoms with Crippen LogP contribution in [0, 0.1) is 0 Å². The monoisotopic (exact) mass is 409 g/mol. The van der Waals surface area contributed by atoms with Crippen molar-refractivity contribution < 1.29 is 14.0 Å². The summed E-state index contributed by atoms with van der Waals surface area (Å²) in [6.07, 6.45) is 0. The molecule has 1 atom stereocenters. The summed E-state index contributed by atoms with van der Waals surface area (Å²) < 4.78 is 16.1. The van der Waals surface area contributed by atoms with Gasteiger partial charge >= 0.3 is 0 Å². The minimum Gasteiger partial charge on any atom is -0.497 e. The zero-order chi connectivity index (χ0) is 20.2. The predicted molar refractivity (Wildman–Crippen MR) is 109 cm³/mol. The molecule has 2 aromatic heterocycles. The molecule has 2 heterocycles. The van der Waals surface area contributed by atoms with Gasteiger partial charge in [0.15, 0.2) is 5.82 Å². The van der Waals surface area contributed by atoms with E-state index in [0.717, 1.165) is 11.1 Å². The fourth-order valence-corrected chi connectivity index (χ4v) is 3.48. The van der Waals surface area contributed by atoms with Gasteiger partial charge in [-0.25, -0.2) is 4.98 Å². The van der Waals surface area contributed by atoms with Crippen molar-refractivity contribution in [3.05, 3.63) is 54.4 Å². The zero-order valence-corrected chi connectivity index (χ0v) is 16.9. The Bertz CT molecular complexity index is 1100. The Morgan fingerprint density at radius 3 is 2.62 bits per heavy atom. The van der Waals surface area contributed by atoms with Gasteiger partial charge in [0.05, 0.1) is 25.0 Å². The average molecular weight is 409 g/mol. The first-order chi connectivity index (χ1) is 14.2. The Morgan fingerprint density at radius 2 is 1.86 bits per heavy atom. The third kappa shape index (κ3) is 4.09. The van der Waals surface area contributed by atoms with Crippen LogP contribution in [0.2, 0.25) is 0 Å². The number of aromatic nitrogens is 5. The van der Waals surface area contributed by atoms with Gasteiger partial charge in [0, 0.05) is 11.6 Å². The summed E-state index contributed by atoms with van der Waals surface area (Å²) in [6.45, 7) is 1.97. The Labute approximate surface area is 171 Å². The standard InChI is InChI=1S/C20H19N5O3S/c1-12(19-21-17(25-28-19)13-7-5-4-6-8-13)29-20-22-18(23-24-20)15-10-9-14(26-2)11-16(15)27-3/h4-12H,1-3H3,(H,22,23,24). The van der Waals surface area contributed by atoms with Gasteiger partial charge in [-0.2, -0.15) is 4.98 Å². The van der Waals surface area contributed by atoms with Gasteiger partial charge in [-0.05, 0) is 19.1 Å². The molecule has 4 aromatic rings. The predicted octanol–water partition coefficient (Wildman–Crippen LogP) is 4.39. The molecule has 2 aromatic carbocycles. The minimum absolute atomic E-state index is 0.110. The molecule has 9 heteroatoms. The lowest BCUT2D eigenvalue weighted by molar-refractivity contribution is 0.380. The van der Waals surface area contributed by atoms with E-state index in [4.69, 9.17) is 14.0 Å². The lowest BCUT2D eigenvalue weighted by Gasteiger charge is -2.07. The highest BCUT2D eigenvalue weighted by molar-refractivity contribution is 7.99. The van der Waals surface area contributed by atoms with Gasteiger partial charge in [-0.15, -0.1) is 5.10 Å². The van der Waals surface area contributed by atoms with E-state index in [1.165, 1.54) is 11.8 Å². The Kier molecular flexibility index (Phi) is 5.48. The number of H-pyrrole nitrogens is 1. The lowest BCUT2D eigenvalue weighted by atomic mass is 10.2. The maximum absolute atomic E-state index is 5.44. The Balaban J connectivity index is 1.50. The summed E-state index contributed by atoms with van der Waals surface area (Å²) in [5.74, 6) is 3.04. The second kappa shape index (κ2) is 8.36. The SMILES string of the molecule is COc1ccc(-c2nc(SC(C)c3nc(-c4ccccc4)no3)n[nH]2)c(OC)c1. The summed E-state index contributed by atoms with van der Waals surface area (Å²) in [6, 6.07) is 15.2. The van der Waals surface area contributed by atoms with E-state index in [9.17, 15) is 0 Å². The number of nitrogens with one attached hydrogen (secondary N) is 1. The van der Waals surface area contributed by atoms with Crippen molar-refractivity contribution in [2.24, 2.45) is 0 Å². The largest absolute Gasteiger partial charge is 0.497 e. The first-order valence-electron chi connectivity index (χ1n) is 8.88. The summed E-state index contributed by atoms with van der Waals surface area (Å²) >= 11 is 1.43. The summed E-state index contributed by atoms with van der Waals surface area (Å²) in [4.78, 5) is 9.05. The first kappa shape index (κ1) is 19.0. The van der Waals surface area contributed by atoms with Gasteiger partial charge in [0.25, 0.3) is 0 Å². The second-order valence-corrected chi connectivity index (χ2v) is 7.42. The Hall–Kier alpha value is -3.33. The van der Waals surface area contributed by atoms with Gasteiger partial charge in [-0.3, -0.25) is 5.10 Å². The van der Waals surface area contributed by atoms with Crippen LogP contribution in [-0.4, -0.2) is 39.5 Å². The van der Waals surface area contributed by atoms with Crippen molar-refractivity contribution in [1.29, 1.82) is 0 Å². The number of thioether (sulfide) groups is 1. The van der Waals surface area contributed by atoms with Gasteiger partial charge in [0.1, 0.15) is 11.5 Å². The van der Waals surface area contributed by atoms with Crippen molar-refractivity contribution in [2.75, 3.05) is 14.2 Å². The maximum Gasteiger partial charge on any atom is 0.240 e. The number of benzene rings is 2. The van der Waals surface area contributed by atoms with Crippen LogP contribution in [0.3, 0.4) is 0 Å². The molecule has 0 saturated carbocycles. The number of hydrogen-bond acceptors (Lipinski definition) is 8. The molecule has 8 nitrogen and oxygen atoms in total. The van der Waals surface area contributed by atoms with Crippen molar-refractivity contribution in [3.8, 4) is 34.3 Å². The van der Waals surface area contributed by atoms with E-state index >= 15 is 0 Å². The quantitative estimate of drug-likeness (QED) is 0.449. The third-order valence-electron chi connectivity index (χ3n) is 4.23. The van der Waals surface area contributed by atoms with Crippen LogP contribution in [0.4, 0.5) is 0 Å². The molecule has 148 valence electrons. The lowest BCUT2D eigenvalue weighted by Crippen LogP contribution is -1.92. The molecular weight excluding hydrogens is 390 g/mol. The maximum atomic E-state index is 5.44. The van der Waals surface area contributed by atoms with Crippen LogP contribution in [0.15, 0.2) is 58.2 Å². The summed E-state index contributed by atoms with van der Waals surface area (Å²) in [5, 5.41) is 11.8. The van der Waals surface area contributed by atoms with E-state index in [2.05, 4.69) is 25.3 Å². The number of nitrogens with zero attached hydrogens (tertiary/aromatic N) is 4.